The zero-order valence-corrected chi connectivity index (χ0v) is 9.47. The number of rotatable bonds is 2. The minimum Gasteiger partial charge on any atom is -0.347 e. The minimum absolute atomic E-state index is 0.290. The molecule has 0 radical (unpaired) electrons. The molecule has 3 nitrogen and oxygen atoms in total. The topological polar surface area (TPSA) is 52.5 Å². The van der Waals surface area contributed by atoms with E-state index in [-0.39, 0.29) is 5.92 Å². The van der Waals surface area contributed by atoms with Gasteiger partial charge in [0.25, 0.3) is 0 Å². The molecular formula is C9H6BrN3S. The van der Waals surface area contributed by atoms with Gasteiger partial charge in [-0.1, -0.05) is 0 Å². The maximum atomic E-state index is 9.04. The second kappa shape index (κ2) is 3.95. The summed E-state index contributed by atoms with van der Waals surface area (Å²) >= 11 is 4.92. The van der Waals surface area contributed by atoms with Gasteiger partial charge in [0.15, 0.2) is 0 Å². The first kappa shape index (κ1) is 9.44. The van der Waals surface area contributed by atoms with Crippen LogP contribution in [-0.4, -0.2) is 9.97 Å². The molecular weight excluding hydrogens is 262 g/mol. The van der Waals surface area contributed by atoms with Crippen LogP contribution in [0.15, 0.2) is 28.3 Å². The molecule has 0 aromatic carbocycles. The molecule has 0 aliphatic carbocycles. The zero-order valence-electron chi connectivity index (χ0n) is 7.07. The Kier molecular flexibility index (Phi) is 2.66. The number of hydrogen-bond acceptors (Lipinski definition) is 3. The van der Waals surface area contributed by atoms with Crippen molar-refractivity contribution in [3.05, 3.63) is 39.0 Å². The lowest BCUT2D eigenvalue weighted by Crippen LogP contribution is -1.97. The number of imidazole rings is 1. The molecule has 2 aromatic heterocycles. The van der Waals surface area contributed by atoms with Gasteiger partial charge in [0.1, 0.15) is 11.7 Å². The largest absolute Gasteiger partial charge is 0.347 e. The molecule has 1 atom stereocenters. The minimum atomic E-state index is -0.290. The third kappa shape index (κ3) is 1.72. The van der Waals surface area contributed by atoms with Crippen molar-refractivity contribution in [1.29, 1.82) is 5.26 Å². The molecule has 0 aliphatic heterocycles. The van der Waals surface area contributed by atoms with Gasteiger partial charge in [0, 0.05) is 17.3 Å². The number of thiophene rings is 1. The average molecular weight is 268 g/mol. The Morgan fingerprint density at radius 2 is 2.43 bits per heavy atom. The third-order valence-electron chi connectivity index (χ3n) is 1.80. The molecule has 2 aromatic rings. The molecule has 0 saturated carbocycles. The Morgan fingerprint density at radius 3 is 2.93 bits per heavy atom. The summed E-state index contributed by atoms with van der Waals surface area (Å²) in [5.74, 6) is 0.406. The van der Waals surface area contributed by atoms with Gasteiger partial charge in [-0.15, -0.1) is 11.3 Å². The summed E-state index contributed by atoms with van der Waals surface area (Å²) in [7, 11) is 0. The highest BCUT2D eigenvalue weighted by atomic mass is 79.9. The number of nitrogens with zero attached hydrogens (tertiary/aromatic N) is 2. The summed E-state index contributed by atoms with van der Waals surface area (Å²) in [5, 5.41) is 9.04. The number of aromatic nitrogens is 2. The first-order valence-corrected chi connectivity index (χ1v) is 5.56. The smallest absolute Gasteiger partial charge is 0.138 e. The molecule has 0 amide bonds. The van der Waals surface area contributed by atoms with Crippen LogP contribution in [0.4, 0.5) is 0 Å². The molecule has 1 unspecified atom stereocenters. The molecule has 0 aliphatic rings. The lowest BCUT2D eigenvalue weighted by Gasteiger charge is -2.01. The van der Waals surface area contributed by atoms with Crippen LogP contribution in [0.5, 0.6) is 0 Å². The molecule has 0 bridgehead atoms. The van der Waals surface area contributed by atoms with E-state index in [0.29, 0.717) is 5.82 Å². The van der Waals surface area contributed by atoms with Gasteiger partial charge in [-0.2, -0.15) is 5.26 Å². The Labute approximate surface area is 93.5 Å². The van der Waals surface area contributed by atoms with E-state index in [0.717, 1.165) is 8.66 Å². The molecule has 1 N–H and O–H groups in total. The highest BCUT2D eigenvalue weighted by Crippen LogP contribution is 2.30. The first-order chi connectivity index (χ1) is 6.81. The summed E-state index contributed by atoms with van der Waals surface area (Å²) in [6, 6.07) is 6.10. The molecule has 2 rings (SSSR count). The van der Waals surface area contributed by atoms with Gasteiger partial charge < -0.3 is 4.98 Å². The Hall–Kier alpha value is -1.12. The van der Waals surface area contributed by atoms with Crippen LogP contribution >= 0.6 is 27.3 Å². The van der Waals surface area contributed by atoms with Crippen LogP contribution in [0.2, 0.25) is 0 Å². The van der Waals surface area contributed by atoms with Gasteiger partial charge >= 0.3 is 0 Å². The van der Waals surface area contributed by atoms with Crippen LogP contribution in [0.3, 0.4) is 0 Å². The summed E-state index contributed by atoms with van der Waals surface area (Å²) < 4.78 is 1.03. The average Bonchev–Trinajstić information content (AvgIpc) is 2.79. The second-order valence-electron chi connectivity index (χ2n) is 2.68. The lowest BCUT2D eigenvalue weighted by molar-refractivity contribution is 0.946. The van der Waals surface area contributed by atoms with Crippen molar-refractivity contribution < 1.29 is 0 Å². The number of hydrogen-bond donors (Lipinski definition) is 1. The summed E-state index contributed by atoms with van der Waals surface area (Å²) in [5.41, 5.74) is 0. The van der Waals surface area contributed by atoms with E-state index in [2.05, 4.69) is 32.0 Å². The number of halogens is 1. The normalized spacial score (nSPS) is 12.3. The van der Waals surface area contributed by atoms with Crippen LogP contribution in [-0.2, 0) is 0 Å². The highest BCUT2D eigenvalue weighted by Gasteiger charge is 2.17. The van der Waals surface area contributed by atoms with Crippen molar-refractivity contribution in [3.63, 3.8) is 0 Å². The van der Waals surface area contributed by atoms with E-state index in [9.17, 15) is 0 Å². The van der Waals surface area contributed by atoms with Gasteiger partial charge in [0.2, 0.25) is 0 Å². The molecule has 5 heteroatoms. The Balaban J connectivity index is 2.37. The predicted molar refractivity (Wildman–Crippen MR) is 58.1 cm³/mol. The second-order valence-corrected chi connectivity index (χ2v) is 5.17. The quantitative estimate of drug-likeness (QED) is 0.910. The van der Waals surface area contributed by atoms with E-state index in [1.54, 1.807) is 23.7 Å². The Bertz CT molecular complexity index is 455. The monoisotopic (exact) mass is 267 g/mol. The summed E-state index contributed by atoms with van der Waals surface area (Å²) in [6.45, 7) is 0. The van der Waals surface area contributed by atoms with Crippen LogP contribution in [0, 0.1) is 11.3 Å². The predicted octanol–water partition coefficient (Wildman–Crippen LogP) is 2.89. The maximum absolute atomic E-state index is 9.04. The van der Waals surface area contributed by atoms with Crippen LogP contribution < -0.4 is 0 Å². The van der Waals surface area contributed by atoms with E-state index in [1.165, 1.54) is 0 Å². The van der Waals surface area contributed by atoms with E-state index in [1.807, 2.05) is 12.1 Å². The maximum Gasteiger partial charge on any atom is 0.138 e. The molecule has 2 heterocycles. The van der Waals surface area contributed by atoms with Crippen LogP contribution in [0.25, 0.3) is 0 Å². The van der Waals surface area contributed by atoms with Crippen molar-refractivity contribution in [3.8, 4) is 6.07 Å². The van der Waals surface area contributed by atoms with Gasteiger partial charge in [0.05, 0.1) is 9.86 Å². The molecule has 70 valence electrons. The standard InChI is InChI=1S/C9H6BrN3S/c10-8-2-1-7(14-8)6(5-11)9-12-3-4-13-9/h1-4,6H,(H,12,13). The number of nitriles is 1. The molecule has 14 heavy (non-hydrogen) atoms. The fraction of sp³-hybridized carbons (Fsp3) is 0.111. The van der Waals surface area contributed by atoms with Crippen LogP contribution in [0.1, 0.15) is 16.6 Å². The number of H-pyrrole nitrogens is 1. The van der Waals surface area contributed by atoms with Crippen molar-refractivity contribution in [2.24, 2.45) is 0 Å². The molecule has 0 saturated heterocycles. The van der Waals surface area contributed by atoms with Gasteiger partial charge in [-0.3, -0.25) is 0 Å². The molecule has 0 spiro atoms. The summed E-state index contributed by atoms with van der Waals surface area (Å²) in [6.07, 6.45) is 3.38. The van der Waals surface area contributed by atoms with Crippen molar-refractivity contribution in [1.82, 2.24) is 9.97 Å². The summed E-state index contributed by atoms with van der Waals surface area (Å²) in [4.78, 5) is 8.03. The van der Waals surface area contributed by atoms with E-state index in [4.69, 9.17) is 5.26 Å². The van der Waals surface area contributed by atoms with Gasteiger partial charge in [-0.05, 0) is 28.1 Å². The lowest BCUT2D eigenvalue weighted by atomic mass is 10.1. The number of aromatic amines is 1. The van der Waals surface area contributed by atoms with Crippen molar-refractivity contribution in [2.75, 3.05) is 0 Å². The highest BCUT2D eigenvalue weighted by molar-refractivity contribution is 9.11. The van der Waals surface area contributed by atoms with Crippen molar-refractivity contribution in [2.45, 2.75) is 5.92 Å². The fourth-order valence-corrected chi connectivity index (χ4v) is 2.65. The third-order valence-corrected chi connectivity index (χ3v) is 3.49. The first-order valence-electron chi connectivity index (χ1n) is 3.95. The zero-order chi connectivity index (χ0) is 9.97. The Morgan fingerprint density at radius 1 is 1.57 bits per heavy atom. The van der Waals surface area contributed by atoms with Crippen molar-refractivity contribution >= 4 is 27.3 Å². The SMILES string of the molecule is N#CC(c1ncc[nH]1)c1ccc(Br)s1. The van der Waals surface area contributed by atoms with Gasteiger partial charge in [-0.25, -0.2) is 4.98 Å². The number of nitrogens with one attached hydrogen (secondary N) is 1. The fourth-order valence-electron chi connectivity index (χ4n) is 1.18. The van der Waals surface area contributed by atoms with E-state index < -0.39 is 0 Å². The van der Waals surface area contributed by atoms with E-state index >= 15 is 0 Å². The molecule has 0 fully saturated rings.